The number of ketones is 1. The van der Waals surface area contributed by atoms with Crippen molar-refractivity contribution in [3.63, 3.8) is 0 Å². The van der Waals surface area contributed by atoms with Crippen LogP contribution in [0.1, 0.15) is 17.3 Å². The maximum absolute atomic E-state index is 11.3. The van der Waals surface area contributed by atoms with Gasteiger partial charge in [-0.15, -0.1) is 11.8 Å². The molecule has 98 valence electrons. The third-order valence-corrected chi connectivity index (χ3v) is 3.34. The van der Waals surface area contributed by atoms with Crippen LogP contribution in [-0.2, 0) is 0 Å². The number of carbonyl (C=O) groups excluding carboxylic acids is 1. The Labute approximate surface area is 116 Å². The Bertz CT molecular complexity index is 591. The van der Waals surface area contributed by atoms with Crippen molar-refractivity contribution in [2.75, 3.05) is 6.26 Å². The van der Waals surface area contributed by atoms with E-state index in [1.165, 1.54) is 19.1 Å². The first-order valence-corrected chi connectivity index (χ1v) is 6.98. The molecule has 0 aliphatic rings. The maximum atomic E-state index is 11.3. The molecule has 0 aliphatic carbocycles. The average Bonchev–Trinajstić information content (AvgIpc) is 2.39. The maximum Gasteiger partial charge on any atom is 0.160 e. The minimum Gasteiger partial charge on any atom is -0.508 e. The summed E-state index contributed by atoms with van der Waals surface area (Å²) in [5.41, 5.74) is 0.427. The van der Waals surface area contributed by atoms with Crippen LogP contribution in [0.4, 0.5) is 0 Å². The third kappa shape index (κ3) is 3.51. The van der Waals surface area contributed by atoms with E-state index in [2.05, 4.69) is 0 Å². The molecule has 0 radical (unpaired) electrons. The summed E-state index contributed by atoms with van der Waals surface area (Å²) in [6.45, 7) is 1.45. The number of ether oxygens (including phenoxy) is 1. The van der Waals surface area contributed by atoms with E-state index < -0.39 is 0 Å². The summed E-state index contributed by atoms with van der Waals surface area (Å²) < 4.78 is 5.63. The lowest BCUT2D eigenvalue weighted by atomic mass is 10.1. The zero-order chi connectivity index (χ0) is 13.8. The van der Waals surface area contributed by atoms with Crippen molar-refractivity contribution in [2.24, 2.45) is 0 Å². The van der Waals surface area contributed by atoms with Crippen LogP contribution < -0.4 is 4.74 Å². The highest BCUT2D eigenvalue weighted by molar-refractivity contribution is 7.98. The van der Waals surface area contributed by atoms with E-state index in [4.69, 9.17) is 4.74 Å². The van der Waals surface area contributed by atoms with Crippen LogP contribution in [0.3, 0.4) is 0 Å². The van der Waals surface area contributed by atoms with Gasteiger partial charge in [0.1, 0.15) is 17.2 Å². The van der Waals surface area contributed by atoms with Gasteiger partial charge >= 0.3 is 0 Å². The van der Waals surface area contributed by atoms with Gasteiger partial charge in [0.15, 0.2) is 5.78 Å². The third-order valence-electron chi connectivity index (χ3n) is 2.59. The number of rotatable bonds is 4. The highest BCUT2D eigenvalue weighted by Gasteiger charge is 2.06. The Kier molecular flexibility index (Phi) is 4.12. The lowest BCUT2D eigenvalue weighted by Gasteiger charge is -2.08. The normalized spacial score (nSPS) is 10.2. The monoisotopic (exact) mass is 274 g/mol. The Morgan fingerprint density at radius 1 is 1.11 bits per heavy atom. The van der Waals surface area contributed by atoms with Gasteiger partial charge in [-0.05, 0) is 49.6 Å². The number of phenols is 1. The van der Waals surface area contributed by atoms with Gasteiger partial charge in [-0.3, -0.25) is 4.79 Å². The van der Waals surface area contributed by atoms with Crippen LogP contribution in [0.5, 0.6) is 17.2 Å². The average molecular weight is 274 g/mol. The molecule has 3 nitrogen and oxygen atoms in total. The van der Waals surface area contributed by atoms with Crippen molar-refractivity contribution in [1.29, 1.82) is 0 Å². The number of benzene rings is 2. The summed E-state index contributed by atoms with van der Waals surface area (Å²) in [4.78, 5) is 12.5. The number of thioether (sulfide) groups is 1. The predicted octanol–water partition coefficient (Wildman–Crippen LogP) is 4.11. The fourth-order valence-corrected chi connectivity index (χ4v) is 2.03. The Balaban J connectivity index is 2.24. The summed E-state index contributed by atoms with van der Waals surface area (Å²) in [6.07, 6.45) is 2.00. The van der Waals surface area contributed by atoms with Gasteiger partial charge in [0.2, 0.25) is 0 Å². The molecule has 0 saturated heterocycles. The predicted molar refractivity (Wildman–Crippen MR) is 76.4 cm³/mol. The molecule has 19 heavy (non-hydrogen) atoms. The van der Waals surface area contributed by atoms with Gasteiger partial charge in [-0.1, -0.05) is 0 Å². The lowest BCUT2D eigenvalue weighted by molar-refractivity contribution is 0.101. The van der Waals surface area contributed by atoms with Gasteiger partial charge in [-0.2, -0.15) is 0 Å². The molecule has 4 heteroatoms. The zero-order valence-corrected chi connectivity index (χ0v) is 11.5. The lowest BCUT2D eigenvalue weighted by Crippen LogP contribution is -1.93. The molecule has 2 rings (SSSR count). The highest BCUT2D eigenvalue weighted by Crippen LogP contribution is 2.28. The molecule has 2 aromatic carbocycles. The van der Waals surface area contributed by atoms with Crippen molar-refractivity contribution in [1.82, 2.24) is 0 Å². The largest absolute Gasteiger partial charge is 0.508 e. The topological polar surface area (TPSA) is 46.5 Å². The molecular formula is C15H14O3S. The second-order valence-electron chi connectivity index (χ2n) is 4.05. The van der Waals surface area contributed by atoms with E-state index in [0.717, 1.165) is 4.90 Å². The van der Waals surface area contributed by atoms with Crippen LogP contribution in [-0.4, -0.2) is 17.1 Å². The first-order chi connectivity index (χ1) is 9.08. The van der Waals surface area contributed by atoms with E-state index in [9.17, 15) is 9.90 Å². The van der Waals surface area contributed by atoms with Crippen molar-refractivity contribution in [2.45, 2.75) is 11.8 Å². The molecule has 0 fully saturated rings. The van der Waals surface area contributed by atoms with Gasteiger partial charge in [-0.25, -0.2) is 0 Å². The van der Waals surface area contributed by atoms with E-state index in [1.807, 2.05) is 30.5 Å². The molecule has 0 bridgehead atoms. The van der Waals surface area contributed by atoms with Crippen LogP contribution in [0.25, 0.3) is 0 Å². The molecule has 0 aromatic heterocycles. The number of hydrogen-bond acceptors (Lipinski definition) is 4. The van der Waals surface area contributed by atoms with Crippen LogP contribution >= 0.6 is 11.8 Å². The smallest absolute Gasteiger partial charge is 0.160 e. The minimum absolute atomic E-state index is 0.0171. The summed E-state index contributed by atoms with van der Waals surface area (Å²) in [5, 5.41) is 9.57. The van der Waals surface area contributed by atoms with Crippen molar-refractivity contribution >= 4 is 17.5 Å². The fraction of sp³-hybridized carbons (Fsp3) is 0.133. The quantitative estimate of drug-likeness (QED) is 0.673. The number of aromatic hydroxyl groups is 1. The number of hydrogen-bond donors (Lipinski definition) is 1. The summed E-state index contributed by atoms with van der Waals surface area (Å²) in [5.74, 6) is 1.02. The van der Waals surface area contributed by atoms with Gasteiger partial charge in [0.25, 0.3) is 0 Å². The summed E-state index contributed by atoms with van der Waals surface area (Å²) in [7, 11) is 0. The second kappa shape index (κ2) is 5.80. The van der Waals surface area contributed by atoms with E-state index in [0.29, 0.717) is 17.1 Å². The number of carbonyl (C=O) groups is 1. The van der Waals surface area contributed by atoms with Crippen molar-refractivity contribution in [3.05, 3.63) is 48.0 Å². The molecule has 0 atom stereocenters. The fourth-order valence-electron chi connectivity index (χ4n) is 1.63. The first-order valence-electron chi connectivity index (χ1n) is 5.75. The standard InChI is InChI=1S/C15H14O3S/c1-10(16)11-7-12(17)9-14(8-11)18-13-3-5-15(19-2)6-4-13/h3-9,17H,1-2H3. The van der Waals surface area contributed by atoms with Gasteiger partial charge in [0, 0.05) is 16.5 Å². The van der Waals surface area contributed by atoms with E-state index in [1.54, 1.807) is 17.8 Å². The number of phenolic OH excluding ortho intramolecular Hbond substituents is 1. The summed E-state index contributed by atoms with van der Waals surface area (Å²) in [6, 6.07) is 12.1. The van der Waals surface area contributed by atoms with E-state index in [-0.39, 0.29) is 11.5 Å². The Hall–Kier alpha value is -1.94. The molecule has 0 heterocycles. The molecule has 0 saturated carbocycles. The Morgan fingerprint density at radius 2 is 1.79 bits per heavy atom. The van der Waals surface area contributed by atoms with Crippen LogP contribution in [0.15, 0.2) is 47.4 Å². The molecule has 0 spiro atoms. The van der Waals surface area contributed by atoms with Gasteiger partial charge in [0.05, 0.1) is 0 Å². The molecule has 0 amide bonds. The van der Waals surface area contributed by atoms with E-state index >= 15 is 0 Å². The molecule has 2 aromatic rings. The molecule has 0 aliphatic heterocycles. The SMILES string of the molecule is CSc1ccc(Oc2cc(O)cc(C(C)=O)c2)cc1. The molecular weight excluding hydrogens is 260 g/mol. The van der Waals surface area contributed by atoms with Gasteiger partial charge < -0.3 is 9.84 Å². The highest BCUT2D eigenvalue weighted by atomic mass is 32.2. The van der Waals surface area contributed by atoms with Crippen molar-refractivity contribution < 1.29 is 14.6 Å². The molecule has 1 N–H and O–H groups in total. The minimum atomic E-state index is -0.113. The van der Waals surface area contributed by atoms with Crippen molar-refractivity contribution in [3.8, 4) is 17.2 Å². The Morgan fingerprint density at radius 3 is 2.37 bits per heavy atom. The number of Topliss-reactive ketones (excluding diaryl/α,β-unsaturated/α-hetero) is 1. The first kappa shape index (κ1) is 13.5. The zero-order valence-electron chi connectivity index (χ0n) is 10.7. The van der Waals surface area contributed by atoms with Crippen LogP contribution in [0, 0.1) is 0 Å². The summed E-state index contributed by atoms with van der Waals surface area (Å²) >= 11 is 1.65. The second-order valence-corrected chi connectivity index (χ2v) is 4.93. The van der Waals surface area contributed by atoms with Crippen LogP contribution in [0.2, 0.25) is 0 Å². The molecule has 0 unspecified atom stereocenters.